The van der Waals surface area contributed by atoms with Crippen molar-refractivity contribution in [2.45, 2.75) is 43.9 Å². The maximum absolute atomic E-state index is 13.2. The van der Waals surface area contributed by atoms with Crippen molar-refractivity contribution in [2.24, 2.45) is 5.41 Å². The number of rotatable bonds is 3. The molecular formula is C14H18FNO3S. The molecule has 1 saturated carbocycles. The molecule has 0 unspecified atom stereocenters. The Morgan fingerprint density at radius 1 is 1.20 bits per heavy atom. The van der Waals surface area contributed by atoms with Crippen LogP contribution in [0.25, 0.3) is 0 Å². The maximum Gasteiger partial charge on any atom is 0.334 e. The van der Waals surface area contributed by atoms with Crippen LogP contribution in [0.5, 0.6) is 0 Å². The van der Waals surface area contributed by atoms with Gasteiger partial charge in [-0.25, -0.2) is 0 Å². The highest BCUT2D eigenvalue weighted by Crippen LogP contribution is 2.37. The number of halogens is 1. The van der Waals surface area contributed by atoms with Crippen LogP contribution in [0.3, 0.4) is 0 Å². The molecule has 110 valence electrons. The first-order valence-corrected chi connectivity index (χ1v) is 8.06. The summed E-state index contributed by atoms with van der Waals surface area (Å²) in [5.74, 6) is -0.242. The Bertz CT molecular complexity index is 607. The van der Waals surface area contributed by atoms with Gasteiger partial charge in [-0.1, -0.05) is 38.3 Å². The monoisotopic (exact) mass is 299 g/mol. The summed E-state index contributed by atoms with van der Waals surface area (Å²) in [6.45, 7) is 1.87. The summed E-state index contributed by atoms with van der Waals surface area (Å²) < 4.78 is 35.3. The molecule has 1 aromatic rings. The fourth-order valence-electron chi connectivity index (χ4n) is 2.61. The van der Waals surface area contributed by atoms with Gasteiger partial charge in [0.1, 0.15) is 4.90 Å². The smallest absolute Gasteiger partial charge is 0.324 e. The first-order valence-electron chi connectivity index (χ1n) is 6.68. The van der Waals surface area contributed by atoms with Crippen molar-refractivity contribution in [3.05, 3.63) is 24.3 Å². The van der Waals surface area contributed by atoms with E-state index in [0.717, 1.165) is 38.2 Å². The van der Waals surface area contributed by atoms with E-state index in [4.69, 9.17) is 0 Å². The van der Waals surface area contributed by atoms with Gasteiger partial charge in [-0.2, -0.15) is 8.42 Å². The Labute approximate surface area is 118 Å². The van der Waals surface area contributed by atoms with Gasteiger partial charge in [0.05, 0.1) is 5.69 Å². The lowest BCUT2D eigenvalue weighted by molar-refractivity contribution is -0.126. The summed E-state index contributed by atoms with van der Waals surface area (Å²) in [4.78, 5) is 11.8. The number of benzene rings is 1. The van der Waals surface area contributed by atoms with Crippen molar-refractivity contribution in [3.8, 4) is 0 Å². The second kappa shape index (κ2) is 5.52. The third-order valence-corrected chi connectivity index (χ3v) is 4.78. The Morgan fingerprint density at radius 3 is 2.40 bits per heavy atom. The van der Waals surface area contributed by atoms with Crippen LogP contribution in [0, 0.1) is 5.41 Å². The van der Waals surface area contributed by atoms with Gasteiger partial charge in [0.2, 0.25) is 5.91 Å². The standard InChI is InChI=1S/C14H18FNO3S/c1-14(9-5-2-6-10-14)13(17)16-11-7-3-4-8-12(11)20(15,18)19/h3-4,7-8H,2,5-6,9-10H2,1H3,(H,16,17). The molecule has 0 atom stereocenters. The normalized spacial score (nSPS) is 18.5. The highest BCUT2D eigenvalue weighted by molar-refractivity contribution is 7.86. The third kappa shape index (κ3) is 3.17. The number of para-hydroxylation sites is 1. The molecule has 1 aliphatic rings. The van der Waals surface area contributed by atoms with Crippen molar-refractivity contribution in [1.82, 2.24) is 0 Å². The van der Waals surface area contributed by atoms with Crippen molar-refractivity contribution in [1.29, 1.82) is 0 Å². The van der Waals surface area contributed by atoms with Gasteiger partial charge in [-0.15, -0.1) is 3.89 Å². The lowest BCUT2D eigenvalue weighted by Gasteiger charge is -2.32. The predicted molar refractivity (Wildman–Crippen MR) is 74.6 cm³/mol. The summed E-state index contributed by atoms with van der Waals surface area (Å²) >= 11 is 0. The molecule has 2 rings (SSSR count). The fraction of sp³-hybridized carbons (Fsp3) is 0.500. The van der Waals surface area contributed by atoms with Crippen LogP contribution >= 0.6 is 0 Å². The van der Waals surface area contributed by atoms with E-state index in [9.17, 15) is 17.1 Å². The Kier molecular flexibility index (Phi) is 4.13. The zero-order valence-electron chi connectivity index (χ0n) is 11.4. The summed E-state index contributed by atoms with van der Waals surface area (Å²) in [6.07, 6.45) is 4.60. The number of amides is 1. The fourth-order valence-corrected chi connectivity index (χ4v) is 3.24. The highest BCUT2D eigenvalue weighted by atomic mass is 32.3. The van der Waals surface area contributed by atoms with Gasteiger partial charge in [0.25, 0.3) is 0 Å². The average molecular weight is 299 g/mol. The van der Waals surface area contributed by atoms with Gasteiger partial charge < -0.3 is 5.32 Å². The molecule has 6 heteroatoms. The molecule has 1 aromatic carbocycles. The second-order valence-corrected chi connectivity index (χ2v) is 6.82. The molecule has 1 aliphatic carbocycles. The Morgan fingerprint density at radius 2 is 1.80 bits per heavy atom. The van der Waals surface area contributed by atoms with Gasteiger partial charge in [0.15, 0.2) is 0 Å². The van der Waals surface area contributed by atoms with Crippen molar-refractivity contribution in [2.75, 3.05) is 5.32 Å². The number of carbonyl (C=O) groups excluding carboxylic acids is 1. The molecule has 1 amide bonds. The molecule has 20 heavy (non-hydrogen) atoms. The molecule has 0 radical (unpaired) electrons. The minimum Gasteiger partial charge on any atom is -0.324 e. The van der Waals surface area contributed by atoms with E-state index in [1.54, 1.807) is 6.07 Å². The maximum atomic E-state index is 13.2. The number of hydrogen-bond acceptors (Lipinski definition) is 3. The molecule has 0 aliphatic heterocycles. The van der Waals surface area contributed by atoms with E-state index >= 15 is 0 Å². The van der Waals surface area contributed by atoms with Crippen molar-refractivity contribution in [3.63, 3.8) is 0 Å². The third-order valence-electron chi connectivity index (χ3n) is 3.90. The van der Waals surface area contributed by atoms with E-state index in [2.05, 4.69) is 5.32 Å². The summed E-state index contributed by atoms with van der Waals surface area (Å²) in [7, 11) is -4.84. The Hall–Kier alpha value is -1.43. The van der Waals surface area contributed by atoms with Gasteiger partial charge in [0, 0.05) is 5.41 Å². The molecule has 0 bridgehead atoms. The van der Waals surface area contributed by atoms with Crippen molar-refractivity contribution < 1.29 is 17.1 Å². The van der Waals surface area contributed by atoms with Crippen LogP contribution in [0.4, 0.5) is 9.57 Å². The molecule has 0 spiro atoms. The molecule has 0 heterocycles. The number of hydrogen-bond donors (Lipinski definition) is 1. The van der Waals surface area contributed by atoms with E-state index in [0.29, 0.717) is 0 Å². The van der Waals surface area contributed by atoms with Gasteiger partial charge in [-0.3, -0.25) is 4.79 Å². The van der Waals surface area contributed by atoms with Crippen molar-refractivity contribution >= 4 is 21.8 Å². The summed E-state index contributed by atoms with van der Waals surface area (Å²) in [5, 5.41) is 2.57. The van der Waals surface area contributed by atoms with E-state index in [1.807, 2.05) is 6.92 Å². The minimum absolute atomic E-state index is 0.00629. The zero-order valence-corrected chi connectivity index (χ0v) is 12.2. The van der Waals surface area contributed by atoms with E-state index in [-0.39, 0.29) is 11.6 Å². The topological polar surface area (TPSA) is 63.2 Å². The average Bonchev–Trinajstić information content (AvgIpc) is 2.39. The highest BCUT2D eigenvalue weighted by Gasteiger charge is 2.35. The Balaban J connectivity index is 2.24. The minimum atomic E-state index is -4.84. The molecule has 0 aromatic heterocycles. The number of nitrogens with one attached hydrogen (secondary N) is 1. The van der Waals surface area contributed by atoms with Gasteiger partial charge in [-0.05, 0) is 25.0 Å². The zero-order chi connectivity index (χ0) is 14.8. The first kappa shape index (κ1) is 15.0. The van der Waals surface area contributed by atoms with Crippen LogP contribution in [0.15, 0.2) is 29.2 Å². The number of carbonyl (C=O) groups is 1. The molecule has 1 fully saturated rings. The van der Waals surface area contributed by atoms with Crippen LogP contribution in [0.1, 0.15) is 39.0 Å². The van der Waals surface area contributed by atoms with Crippen LogP contribution in [0.2, 0.25) is 0 Å². The summed E-state index contributed by atoms with van der Waals surface area (Å²) in [6, 6.07) is 5.53. The second-order valence-electron chi connectivity index (χ2n) is 5.51. The molecule has 4 nitrogen and oxygen atoms in total. The van der Waals surface area contributed by atoms with E-state index < -0.39 is 20.5 Å². The van der Waals surface area contributed by atoms with Crippen LogP contribution in [-0.4, -0.2) is 14.3 Å². The quantitative estimate of drug-likeness (QED) is 0.871. The van der Waals surface area contributed by atoms with Gasteiger partial charge >= 0.3 is 10.2 Å². The molecule has 1 N–H and O–H groups in total. The predicted octanol–water partition coefficient (Wildman–Crippen LogP) is 3.25. The van der Waals surface area contributed by atoms with E-state index in [1.165, 1.54) is 12.1 Å². The summed E-state index contributed by atoms with van der Waals surface area (Å²) in [5.41, 5.74) is -0.502. The first-order chi connectivity index (χ1) is 9.33. The molecule has 0 saturated heterocycles. The van der Waals surface area contributed by atoms with Crippen LogP contribution < -0.4 is 5.32 Å². The lowest BCUT2D eigenvalue weighted by atomic mass is 9.75. The largest absolute Gasteiger partial charge is 0.334 e. The number of anilines is 1. The SMILES string of the molecule is CC1(C(=O)Nc2ccccc2S(=O)(=O)F)CCCCC1. The molecular weight excluding hydrogens is 281 g/mol. The lowest BCUT2D eigenvalue weighted by Crippen LogP contribution is -2.35. The van der Waals surface area contributed by atoms with Crippen LogP contribution in [-0.2, 0) is 15.0 Å².